The van der Waals surface area contributed by atoms with Crippen LogP contribution in [0.4, 0.5) is 0 Å². The third-order valence-electron chi connectivity index (χ3n) is 6.15. The van der Waals surface area contributed by atoms with E-state index in [0.717, 1.165) is 24.4 Å². The minimum atomic E-state index is 0.582. The van der Waals surface area contributed by atoms with Crippen LogP contribution < -0.4 is 0 Å². The maximum absolute atomic E-state index is 6.02. The fourth-order valence-corrected chi connectivity index (χ4v) is 4.62. The van der Waals surface area contributed by atoms with Crippen LogP contribution >= 0.6 is 0 Å². The first kappa shape index (κ1) is 18.0. The molecule has 2 aliphatic rings. The predicted molar refractivity (Wildman–Crippen MR) is 96.1 cm³/mol. The van der Waals surface area contributed by atoms with E-state index in [1.54, 1.807) is 0 Å². The highest BCUT2D eigenvalue weighted by Crippen LogP contribution is 2.41. The second-order valence-electron chi connectivity index (χ2n) is 7.76. The van der Waals surface area contributed by atoms with E-state index in [9.17, 15) is 0 Å². The lowest BCUT2D eigenvalue weighted by Gasteiger charge is -2.37. The lowest BCUT2D eigenvalue weighted by Crippen LogP contribution is -2.28. The maximum Gasteiger partial charge on any atom is 0.0575 e. The summed E-state index contributed by atoms with van der Waals surface area (Å²) in [6.45, 7) is 7.07. The molecule has 0 radical (unpaired) electrons. The fraction of sp³-hybridized carbons (Fsp3) is 0.905. The number of unbranched alkanes of at least 4 members (excludes halogenated alkanes) is 2. The van der Waals surface area contributed by atoms with E-state index in [1.807, 2.05) is 0 Å². The van der Waals surface area contributed by atoms with E-state index in [4.69, 9.17) is 4.74 Å². The van der Waals surface area contributed by atoms with Crippen molar-refractivity contribution in [3.05, 3.63) is 12.7 Å². The van der Waals surface area contributed by atoms with Crippen molar-refractivity contribution >= 4 is 0 Å². The SMILES string of the molecule is C=CCCC[C@H]1CC[C@H](C2CCC(OCCCC)CC2)CC1. The molecule has 0 heterocycles. The summed E-state index contributed by atoms with van der Waals surface area (Å²) < 4.78 is 6.02. The first-order valence-electron chi connectivity index (χ1n) is 10.1. The van der Waals surface area contributed by atoms with Gasteiger partial charge in [0, 0.05) is 6.61 Å². The minimum Gasteiger partial charge on any atom is -0.378 e. The van der Waals surface area contributed by atoms with Crippen LogP contribution in [0.3, 0.4) is 0 Å². The Morgan fingerprint density at radius 1 is 0.909 bits per heavy atom. The summed E-state index contributed by atoms with van der Waals surface area (Å²) in [5.41, 5.74) is 0. The molecule has 0 spiro atoms. The third kappa shape index (κ3) is 6.07. The summed E-state index contributed by atoms with van der Waals surface area (Å²) in [7, 11) is 0. The van der Waals surface area contributed by atoms with Crippen LogP contribution in [0.25, 0.3) is 0 Å². The number of ether oxygens (including phenoxy) is 1. The lowest BCUT2D eigenvalue weighted by molar-refractivity contribution is 0.00577. The Labute approximate surface area is 138 Å². The quantitative estimate of drug-likeness (QED) is 0.348. The van der Waals surface area contributed by atoms with Gasteiger partial charge in [0.05, 0.1) is 6.10 Å². The molecule has 1 heteroatoms. The molecule has 2 aliphatic carbocycles. The molecule has 2 saturated carbocycles. The topological polar surface area (TPSA) is 9.23 Å². The van der Waals surface area contributed by atoms with E-state index >= 15 is 0 Å². The fourth-order valence-electron chi connectivity index (χ4n) is 4.62. The van der Waals surface area contributed by atoms with Crippen LogP contribution in [0.2, 0.25) is 0 Å². The van der Waals surface area contributed by atoms with E-state index in [1.165, 1.54) is 83.5 Å². The number of allylic oxidation sites excluding steroid dienone is 1. The zero-order valence-electron chi connectivity index (χ0n) is 14.9. The van der Waals surface area contributed by atoms with Gasteiger partial charge >= 0.3 is 0 Å². The van der Waals surface area contributed by atoms with Crippen LogP contribution in [0.15, 0.2) is 12.7 Å². The molecule has 22 heavy (non-hydrogen) atoms. The summed E-state index contributed by atoms with van der Waals surface area (Å²) in [6, 6.07) is 0. The molecule has 0 unspecified atom stereocenters. The average Bonchev–Trinajstić information content (AvgIpc) is 2.57. The molecule has 0 atom stereocenters. The van der Waals surface area contributed by atoms with Gasteiger partial charge in [-0.05, 0) is 75.5 Å². The van der Waals surface area contributed by atoms with Gasteiger partial charge in [0.1, 0.15) is 0 Å². The molecule has 0 N–H and O–H groups in total. The summed E-state index contributed by atoms with van der Waals surface area (Å²) in [5, 5.41) is 0. The second-order valence-corrected chi connectivity index (χ2v) is 7.76. The Kier molecular flexibility index (Phi) is 8.59. The van der Waals surface area contributed by atoms with Crippen LogP contribution in [-0.2, 0) is 4.74 Å². The molecule has 0 aromatic heterocycles. The summed E-state index contributed by atoms with van der Waals surface area (Å²) in [6.07, 6.45) is 20.7. The zero-order chi connectivity index (χ0) is 15.6. The average molecular weight is 307 g/mol. The Hall–Kier alpha value is -0.300. The second kappa shape index (κ2) is 10.5. The van der Waals surface area contributed by atoms with Gasteiger partial charge < -0.3 is 4.74 Å². The van der Waals surface area contributed by atoms with Crippen LogP contribution in [0, 0.1) is 17.8 Å². The van der Waals surface area contributed by atoms with E-state index in [2.05, 4.69) is 19.6 Å². The largest absolute Gasteiger partial charge is 0.378 e. The molecular formula is C21H38O. The number of hydrogen-bond acceptors (Lipinski definition) is 1. The van der Waals surface area contributed by atoms with Crippen molar-refractivity contribution in [3.8, 4) is 0 Å². The third-order valence-corrected chi connectivity index (χ3v) is 6.15. The Balaban J connectivity index is 1.59. The van der Waals surface area contributed by atoms with Gasteiger partial charge in [0.2, 0.25) is 0 Å². The Bertz CT molecular complexity index is 282. The van der Waals surface area contributed by atoms with E-state index in [-0.39, 0.29) is 0 Å². The molecule has 2 rings (SSSR count). The smallest absolute Gasteiger partial charge is 0.0575 e. The summed E-state index contributed by atoms with van der Waals surface area (Å²) in [4.78, 5) is 0. The van der Waals surface area contributed by atoms with Crippen molar-refractivity contribution in [2.24, 2.45) is 17.8 Å². The number of rotatable bonds is 9. The van der Waals surface area contributed by atoms with Gasteiger partial charge in [-0.1, -0.05) is 38.7 Å². The molecule has 0 saturated heterocycles. The van der Waals surface area contributed by atoms with Crippen LogP contribution in [0.1, 0.15) is 90.4 Å². The van der Waals surface area contributed by atoms with Crippen molar-refractivity contribution in [1.29, 1.82) is 0 Å². The van der Waals surface area contributed by atoms with Crippen molar-refractivity contribution in [2.75, 3.05) is 6.61 Å². The monoisotopic (exact) mass is 306 g/mol. The van der Waals surface area contributed by atoms with Crippen LogP contribution in [0.5, 0.6) is 0 Å². The van der Waals surface area contributed by atoms with Gasteiger partial charge in [0.25, 0.3) is 0 Å². The molecular weight excluding hydrogens is 268 g/mol. The Morgan fingerprint density at radius 3 is 2.14 bits per heavy atom. The molecule has 0 amide bonds. The standard InChI is InChI=1S/C21H38O/c1-3-5-7-8-18-9-11-19(12-10-18)20-13-15-21(16-14-20)22-17-6-4-2/h3,18-21H,1,4-17H2,2H3/t18-,19-,20?,21?. The first-order chi connectivity index (χ1) is 10.8. The first-order valence-corrected chi connectivity index (χ1v) is 10.1. The van der Waals surface area contributed by atoms with Crippen molar-refractivity contribution in [1.82, 2.24) is 0 Å². The summed E-state index contributed by atoms with van der Waals surface area (Å²) >= 11 is 0. The highest BCUT2D eigenvalue weighted by atomic mass is 16.5. The predicted octanol–water partition coefficient (Wildman–Crippen LogP) is 6.52. The maximum atomic E-state index is 6.02. The highest BCUT2D eigenvalue weighted by molar-refractivity contribution is 4.82. The highest BCUT2D eigenvalue weighted by Gasteiger charge is 2.30. The molecule has 0 aliphatic heterocycles. The van der Waals surface area contributed by atoms with Crippen molar-refractivity contribution in [2.45, 2.75) is 96.5 Å². The van der Waals surface area contributed by atoms with Gasteiger partial charge in [-0.2, -0.15) is 0 Å². The molecule has 128 valence electrons. The van der Waals surface area contributed by atoms with E-state index < -0.39 is 0 Å². The molecule has 0 bridgehead atoms. The molecule has 2 fully saturated rings. The van der Waals surface area contributed by atoms with E-state index in [0.29, 0.717) is 6.10 Å². The van der Waals surface area contributed by atoms with Crippen molar-refractivity contribution < 1.29 is 4.74 Å². The van der Waals surface area contributed by atoms with Crippen molar-refractivity contribution in [3.63, 3.8) is 0 Å². The zero-order valence-corrected chi connectivity index (χ0v) is 14.9. The molecule has 0 aromatic rings. The van der Waals surface area contributed by atoms with Gasteiger partial charge in [-0.15, -0.1) is 6.58 Å². The lowest BCUT2D eigenvalue weighted by atomic mass is 9.70. The minimum absolute atomic E-state index is 0.582. The van der Waals surface area contributed by atoms with Gasteiger partial charge in [0.15, 0.2) is 0 Å². The summed E-state index contributed by atoms with van der Waals surface area (Å²) in [5.74, 6) is 3.07. The normalized spacial score (nSPS) is 32.8. The van der Waals surface area contributed by atoms with Gasteiger partial charge in [-0.25, -0.2) is 0 Å². The number of hydrogen-bond donors (Lipinski definition) is 0. The molecule has 0 aromatic carbocycles. The van der Waals surface area contributed by atoms with Gasteiger partial charge in [-0.3, -0.25) is 0 Å². The Morgan fingerprint density at radius 2 is 1.55 bits per heavy atom. The molecule has 1 nitrogen and oxygen atoms in total. The van der Waals surface area contributed by atoms with Crippen LogP contribution in [-0.4, -0.2) is 12.7 Å².